The second-order valence-electron chi connectivity index (χ2n) is 6.88. The van der Waals surface area contributed by atoms with Gasteiger partial charge >= 0.3 is 0 Å². The van der Waals surface area contributed by atoms with Crippen LogP contribution < -0.4 is 10.7 Å². The summed E-state index contributed by atoms with van der Waals surface area (Å²) in [7, 11) is 1.30. The number of aromatic nitrogens is 2. The highest BCUT2D eigenvalue weighted by Gasteiger charge is 2.23. The molecule has 0 bridgehead atoms. The number of carbonyl (C=O) groups excluding carboxylic acids is 2. The number of benzene rings is 2. The molecule has 0 aliphatic heterocycles. The van der Waals surface area contributed by atoms with Gasteiger partial charge < -0.3 is 10.2 Å². The average Bonchev–Trinajstić information content (AvgIpc) is 2.73. The van der Waals surface area contributed by atoms with Crippen molar-refractivity contribution in [1.82, 2.24) is 14.7 Å². The molecule has 0 aliphatic rings. The number of nitrogens with zero attached hydrogens (tertiary/aromatic N) is 4. The van der Waals surface area contributed by atoms with Gasteiger partial charge in [-0.15, -0.1) is 0 Å². The smallest absolute Gasteiger partial charge is 0.294 e. The summed E-state index contributed by atoms with van der Waals surface area (Å²) in [5.41, 5.74) is -0.881. The minimum Gasteiger partial charge on any atom is -0.331 e. The minimum absolute atomic E-state index is 0.0792. The standard InChI is InChI=1S/C21H18FN5O5/c1-13-10-18(28)20(24-26(13)16-8-3-4-9-17(16)27(31)32)21(30)25(2)12-19(29)23-15-7-5-6-14(22)11-15/h3-11H,12H2,1-2H3,(H,23,29). The van der Waals surface area contributed by atoms with Crippen LogP contribution in [0.3, 0.4) is 0 Å². The largest absolute Gasteiger partial charge is 0.331 e. The maximum Gasteiger partial charge on any atom is 0.294 e. The molecule has 2 amide bonds. The van der Waals surface area contributed by atoms with Crippen molar-refractivity contribution in [3.05, 3.63) is 92.1 Å². The molecule has 1 N–H and O–H groups in total. The maximum atomic E-state index is 13.3. The molecule has 0 aliphatic carbocycles. The zero-order chi connectivity index (χ0) is 23.4. The monoisotopic (exact) mass is 439 g/mol. The Hall–Kier alpha value is -4.41. The highest BCUT2D eigenvalue weighted by atomic mass is 19.1. The summed E-state index contributed by atoms with van der Waals surface area (Å²) in [6.07, 6.45) is 0. The van der Waals surface area contributed by atoms with Crippen molar-refractivity contribution in [1.29, 1.82) is 0 Å². The third-order valence-corrected chi connectivity index (χ3v) is 4.45. The first-order valence-electron chi connectivity index (χ1n) is 9.33. The van der Waals surface area contributed by atoms with Gasteiger partial charge in [-0.3, -0.25) is 24.5 Å². The number of rotatable bonds is 6. The summed E-state index contributed by atoms with van der Waals surface area (Å²) >= 11 is 0. The molecule has 11 heteroatoms. The summed E-state index contributed by atoms with van der Waals surface area (Å²) in [6, 6.07) is 12.1. The van der Waals surface area contributed by atoms with Crippen LogP contribution in [0.4, 0.5) is 15.8 Å². The van der Waals surface area contributed by atoms with E-state index in [1.807, 2.05) is 0 Å². The van der Waals surface area contributed by atoms with Crippen LogP contribution in [0.25, 0.3) is 5.69 Å². The molecule has 0 atom stereocenters. The van der Waals surface area contributed by atoms with Crippen LogP contribution in [0.1, 0.15) is 16.2 Å². The molecule has 32 heavy (non-hydrogen) atoms. The van der Waals surface area contributed by atoms with Gasteiger partial charge in [0.15, 0.2) is 5.69 Å². The van der Waals surface area contributed by atoms with Crippen LogP contribution >= 0.6 is 0 Å². The van der Waals surface area contributed by atoms with Crippen molar-refractivity contribution in [3.8, 4) is 5.69 Å². The Morgan fingerprint density at radius 3 is 2.59 bits per heavy atom. The Kier molecular flexibility index (Phi) is 6.38. The number of hydrogen-bond donors (Lipinski definition) is 1. The second-order valence-corrected chi connectivity index (χ2v) is 6.88. The number of amides is 2. The number of nitrogens with one attached hydrogen (secondary N) is 1. The Bertz CT molecular complexity index is 1270. The van der Waals surface area contributed by atoms with Crippen LogP contribution in [0.2, 0.25) is 0 Å². The van der Waals surface area contributed by atoms with E-state index in [0.29, 0.717) is 0 Å². The molecule has 0 spiro atoms. The third kappa shape index (κ3) is 4.83. The number of likely N-dealkylation sites (N-methyl/N-ethyl adjacent to an activating group) is 1. The highest BCUT2D eigenvalue weighted by Crippen LogP contribution is 2.22. The van der Waals surface area contributed by atoms with Crippen LogP contribution in [0.5, 0.6) is 0 Å². The van der Waals surface area contributed by atoms with Crippen LogP contribution in [0, 0.1) is 22.9 Å². The normalized spacial score (nSPS) is 10.5. The molecule has 2 aromatic carbocycles. The number of halogens is 1. The molecule has 0 radical (unpaired) electrons. The van der Waals surface area contributed by atoms with E-state index < -0.39 is 40.2 Å². The third-order valence-electron chi connectivity index (χ3n) is 4.45. The fraction of sp³-hybridized carbons (Fsp3) is 0.143. The highest BCUT2D eigenvalue weighted by molar-refractivity contribution is 5.98. The fourth-order valence-corrected chi connectivity index (χ4v) is 2.97. The number of carbonyl (C=O) groups is 2. The Labute approximate surface area is 181 Å². The van der Waals surface area contributed by atoms with Crippen molar-refractivity contribution in [3.63, 3.8) is 0 Å². The molecule has 0 saturated carbocycles. The number of para-hydroxylation sites is 2. The van der Waals surface area contributed by atoms with Crippen molar-refractivity contribution in [2.45, 2.75) is 6.92 Å². The van der Waals surface area contributed by atoms with Crippen LogP contribution in [-0.4, -0.2) is 45.0 Å². The van der Waals surface area contributed by atoms with E-state index in [2.05, 4.69) is 10.4 Å². The molecule has 164 valence electrons. The number of hydrogen-bond acceptors (Lipinski definition) is 6. The lowest BCUT2D eigenvalue weighted by atomic mass is 10.2. The summed E-state index contributed by atoms with van der Waals surface area (Å²) in [5.74, 6) is -2.00. The molecule has 0 unspecified atom stereocenters. The second kappa shape index (κ2) is 9.16. The number of nitro groups is 1. The van der Waals surface area contributed by atoms with Crippen LogP contribution in [-0.2, 0) is 4.79 Å². The zero-order valence-corrected chi connectivity index (χ0v) is 17.1. The SMILES string of the molecule is Cc1cc(=O)c(C(=O)N(C)CC(=O)Nc2cccc(F)c2)nn1-c1ccccc1[N+](=O)[O-]. The van der Waals surface area contributed by atoms with Gasteiger partial charge in [-0.25, -0.2) is 9.07 Å². The van der Waals surface area contributed by atoms with Gasteiger partial charge in [0.05, 0.1) is 11.5 Å². The number of anilines is 1. The van der Waals surface area contributed by atoms with E-state index in [9.17, 15) is 28.9 Å². The van der Waals surface area contributed by atoms with E-state index in [1.54, 1.807) is 6.07 Å². The molecule has 1 aromatic heterocycles. The van der Waals surface area contributed by atoms with Gasteiger partial charge in [0.1, 0.15) is 11.5 Å². The molecule has 10 nitrogen and oxygen atoms in total. The molecular formula is C21H18FN5O5. The van der Waals surface area contributed by atoms with E-state index in [4.69, 9.17) is 0 Å². The van der Waals surface area contributed by atoms with Gasteiger partial charge in [-0.05, 0) is 31.2 Å². The van der Waals surface area contributed by atoms with Gasteiger partial charge in [0, 0.05) is 30.6 Å². The summed E-state index contributed by atoms with van der Waals surface area (Å²) in [5, 5.41) is 17.8. The lowest BCUT2D eigenvalue weighted by molar-refractivity contribution is -0.384. The fourth-order valence-electron chi connectivity index (χ4n) is 2.97. The molecular weight excluding hydrogens is 421 g/mol. The minimum atomic E-state index is -0.850. The summed E-state index contributed by atoms with van der Waals surface area (Å²) in [4.78, 5) is 49.1. The Morgan fingerprint density at radius 1 is 1.19 bits per heavy atom. The molecule has 3 aromatic rings. The predicted molar refractivity (Wildman–Crippen MR) is 113 cm³/mol. The van der Waals surface area contributed by atoms with Crippen molar-refractivity contribution >= 4 is 23.2 Å². The first kappa shape index (κ1) is 22.3. The number of aryl methyl sites for hydroxylation is 1. The molecule has 3 rings (SSSR count). The van der Waals surface area contributed by atoms with Crippen molar-refractivity contribution in [2.75, 3.05) is 18.9 Å². The van der Waals surface area contributed by atoms with Gasteiger partial charge in [-0.2, -0.15) is 5.10 Å². The summed E-state index contributed by atoms with van der Waals surface area (Å²) in [6.45, 7) is 1.09. The predicted octanol–water partition coefficient (Wildman–Crippen LogP) is 2.30. The van der Waals surface area contributed by atoms with Gasteiger partial charge in [0.2, 0.25) is 11.3 Å². The first-order valence-corrected chi connectivity index (χ1v) is 9.33. The first-order chi connectivity index (χ1) is 15.2. The van der Waals surface area contributed by atoms with Crippen molar-refractivity contribution in [2.24, 2.45) is 0 Å². The summed E-state index contributed by atoms with van der Waals surface area (Å²) < 4.78 is 14.4. The lowest BCUT2D eigenvalue weighted by Gasteiger charge is -2.17. The molecule has 1 heterocycles. The van der Waals surface area contributed by atoms with Gasteiger partial charge in [0.25, 0.3) is 11.6 Å². The van der Waals surface area contributed by atoms with E-state index >= 15 is 0 Å². The average molecular weight is 439 g/mol. The lowest BCUT2D eigenvalue weighted by Crippen LogP contribution is -2.38. The quantitative estimate of drug-likeness (QED) is 0.464. The van der Waals surface area contributed by atoms with E-state index in [0.717, 1.165) is 21.7 Å². The van der Waals surface area contributed by atoms with Crippen molar-refractivity contribution < 1.29 is 18.9 Å². The number of nitro benzene ring substituents is 1. The van der Waals surface area contributed by atoms with E-state index in [1.165, 1.54) is 50.4 Å². The topological polar surface area (TPSA) is 127 Å². The Balaban J connectivity index is 1.87. The zero-order valence-electron chi connectivity index (χ0n) is 17.1. The Morgan fingerprint density at radius 2 is 1.91 bits per heavy atom. The maximum absolute atomic E-state index is 13.3. The van der Waals surface area contributed by atoms with Gasteiger partial charge in [-0.1, -0.05) is 18.2 Å². The van der Waals surface area contributed by atoms with Crippen LogP contribution in [0.15, 0.2) is 59.4 Å². The van der Waals surface area contributed by atoms with E-state index in [-0.39, 0.29) is 22.8 Å². The molecule has 0 saturated heterocycles. The molecule has 0 fully saturated rings.